The van der Waals surface area contributed by atoms with E-state index >= 15 is 0 Å². The SMILES string of the molecule is COc1ccc(-c2ccc(S(=O)(=O)N(C)CC(=O)O)cc2)cc1. The number of rotatable bonds is 6. The second-order valence-electron chi connectivity index (χ2n) is 4.91. The van der Waals surface area contributed by atoms with E-state index in [1.54, 1.807) is 19.2 Å². The maximum absolute atomic E-state index is 12.2. The molecule has 0 unspecified atom stereocenters. The number of aliphatic carboxylic acids is 1. The molecule has 0 aromatic heterocycles. The van der Waals surface area contributed by atoms with Gasteiger partial charge in [-0.15, -0.1) is 0 Å². The van der Waals surface area contributed by atoms with E-state index in [4.69, 9.17) is 9.84 Å². The molecule has 0 radical (unpaired) electrons. The number of carbonyl (C=O) groups is 1. The summed E-state index contributed by atoms with van der Waals surface area (Å²) in [4.78, 5) is 10.7. The molecule has 122 valence electrons. The van der Waals surface area contributed by atoms with Gasteiger partial charge in [0.1, 0.15) is 12.3 Å². The Morgan fingerprint density at radius 3 is 1.96 bits per heavy atom. The molecule has 0 fully saturated rings. The van der Waals surface area contributed by atoms with E-state index in [2.05, 4.69) is 0 Å². The van der Waals surface area contributed by atoms with Gasteiger partial charge in [-0.25, -0.2) is 8.42 Å². The predicted octanol–water partition coefficient (Wildman–Crippen LogP) is 2.07. The fraction of sp³-hybridized carbons (Fsp3) is 0.188. The molecule has 0 amide bonds. The zero-order valence-electron chi connectivity index (χ0n) is 12.8. The first-order valence-corrected chi connectivity index (χ1v) is 8.21. The fourth-order valence-electron chi connectivity index (χ4n) is 2.06. The number of benzene rings is 2. The van der Waals surface area contributed by atoms with Gasteiger partial charge in [-0.05, 0) is 35.4 Å². The van der Waals surface area contributed by atoms with Crippen LogP contribution < -0.4 is 4.74 Å². The van der Waals surface area contributed by atoms with Gasteiger partial charge in [0.2, 0.25) is 10.0 Å². The van der Waals surface area contributed by atoms with Gasteiger partial charge in [-0.1, -0.05) is 24.3 Å². The summed E-state index contributed by atoms with van der Waals surface area (Å²) >= 11 is 0. The van der Waals surface area contributed by atoms with Crippen LogP contribution in [0.1, 0.15) is 0 Å². The van der Waals surface area contributed by atoms with Gasteiger partial charge in [-0.3, -0.25) is 4.79 Å². The molecule has 0 saturated carbocycles. The van der Waals surface area contributed by atoms with Gasteiger partial charge in [0.05, 0.1) is 12.0 Å². The summed E-state index contributed by atoms with van der Waals surface area (Å²) in [5.41, 5.74) is 1.78. The van der Waals surface area contributed by atoms with Crippen molar-refractivity contribution in [2.75, 3.05) is 20.7 Å². The Kier molecular flexibility index (Phi) is 5.02. The molecule has 1 N–H and O–H groups in total. The van der Waals surface area contributed by atoms with E-state index in [9.17, 15) is 13.2 Å². The van der Waals surface area contributed by atoms with E-state index in [1.807, 2.05) is 24.3 Å². The van der Waals surface area contributed by atoms with Crippen molar-refractivity contribution < 1.29 is 23.1 Å². The predicted molar refractivity (Wildman–Crippen MR) is 85.9 cm³/mol. The third kappa shape index (κ3) is 3.88. The molecule has 0 heterocycles. The largest absolute Gasteiger partial charge is 0.497 e. The summed E-state index contributed by atoms with van der Waals surface area (Å²) in [7, 11) is -0.989. The van der Waals surface area contributed by atoms with Crippen LogP contribution >= 0.6 is 0 Å². The van der Waals surface area contributed by atoms with Crippen LogP contribution in [0.25, 0.3) is 11.1 Å². The van der Waals surface area contributed by atoms with E-state index in [1.165, 1.54) is 19.2 Å². The highest BCUT2D eigenvalue weighted by Crippen LogP contribution is 2.24. The smallest absolute Gasteiger partial charge is 0.318 e. The minimum absolute atomic E-state index is 0.0542. The monoisotopic (exact) mass is 335 g/mol. The fourth-order valence-corrected chi connectivity index (χ4v) is 3.18. The normalized spacial score (nSPS) is 11.4. The van der Waals surface area contributed by atoms with Crippen LogP contribution in [-0.2, 0) is 14.8 Å². The molecule has 0 aliphatic rings. The number of hydrogen-bond donors (Lipinski definition) is 1. The van der Waals surface area contributed by atoms with Crippen LogP contribution in [0.3, 0.4) is 0 Å². The van der Waals surface area contributed by atoms with E-state index < -0.39 is 22.5 Å². The summed E-state index contributed by atoms with van der Waals surface area (Å²) in [6.45, 7) is -0.581. The lowest BCUT2D eigenvalue weighted by Crippen LogP contribution is -2.31. The first kappa shape index (κ1) is 17.0. The van der Waals surface area contributed by atoms with Crippen LogP contribution in [0.15, 0.2) is 53.4 Å². The molecule has 7 heteroatoms. The minimum atomic E-state index is -3.81. The van der Waals surface area contributed by atoms with E-state index in [0.29, 0.717) is 0 Å². The maximum atomic E-state index is 12.2. The Bertz CT molecular complexity index is 782. The molecule has 2 aromatic rings. The number of carboxylic acid groups (broad SMARTS) is 1. The van der Waals surface area contributed by atoms with Crippen LogP contribution in [0.2, 0.25) is 0 Å². The average Bonchev–Trinajstić information content (AvgIpc) is 2.54. The number of nitrogens with zero attached hydrogens (tertiary/aromatic N) is 1. The summed E-state index contributed by atoms with van der Waals surface area (Å²) in [6.07, 6.45) is 0. The standard InChI is InChI=1S/C16H17NO5S/c1-17(11-16(18)19)23(20,21)15-9-5-13(6-10-15)12-3-7-14(22-2)8-4-12/h3-10H,11H2,1-2H3,(H,18,19). The van der Waals surface area contributed by atoms with E-state index in [-0.39, 0.29) is 4.90 Å². The number of hydrogen-bond acceptors (Lipinski definition) is 4. The Hall–Kier alpha value is -2.38. The summed E-state index contributed by atoms with van der Waals surface area (Å²) in [5.74, 6) is -0.464. The van der Waals surface area contributed by atoms with E-state index in [0.717, 1.165) is 21.2 Å². The van der Waals surface area contributed by atoms with Gasteiger partial charge < -0.3 is 9.84 Å². The number of ether oxygens (including phenoxy) is 1. The average molecular weight is 335 g/mol. The van der Waals surface area contributed by atoms with Crippen molar-refractivity contribution in [2.24, 2.45) is 0 Å². The number of methoxy groups -OCH3 is 1. The molecule has 2 rings (SSSR count). The molecule has 0 atom stereocenters. The molecule has 0 bridgehead atoms. The van der Waals surface area contributed by atoms with Crippen molar-refractivity contribution in [3.05, 3.63) is 48.5 Å². The maximum Gasteiger partial charge on any atom is 0.318 e. The summed E-state index contributed by atoms with van der Waals surface area (Å²) < 4.78 is 30.4. The minimum Gasteiger partial charge on any atom is -0.497 e. The third-order valence-corrected chi connectivity index (χ3v) is 5.16. The zero-order chi connectivity index (χ0) is 17.0. The van der Waals surface area contributed by atoms with Crippen molar-refractivity contribution in [1.82, 2.24) is 4.31 Å². The first-order valence-electron chi connectivity index (χ1n) is 6.77. The van der Waals surface area contributed by atoms with Crippen LogP contribution in [-0.4, -0.2) is 44.5 Å². The van der Waals surface area contributed by atoms with Gasteiger partial charge >= 0.3 is 5.97 Å². The summed E-state index contributed by atoms with van der Waals surface area (Å²) in [5, 5.41) is 8.71. The van der Waals surface area contributed by atoms with Crippen molar-refractivity contribution in [2.45, 2.75) is 4.90 Å². The lowest BCUT2D eigenvalue weighted by molar-refractivity contribution is -0.137. The molecule has 0 saturated heterocycles. The third-order valence-electron chi connectivity index (χ3n) is 3.34. The highest BCUT2D eigenvalue weighted by Gasteiger charge is 2.22. The quantitative estimate of drug-likeness (QED) is 0.873. The summed E-state index contributed by atoms with van der Waals surface area (Å²) in [6, 6.07) is 13.7. The molecule has 0 aliphatic heterocycles. The highest BCUT2D eigenvalue weighted by atomic mass is 32.2. The van der Waals surface area contributed by atoms with Crippen LogP contribution in [0, 0.1) is 0 Å². The topological polar surface area (TPSA) is 83.9 Å². The molecule has 2 aromatic carbocycles. The van der Waals surface area contributed by atoms with Gasteiger partial charge in [0, 0.05) is 7.05 Å². The molecule has 6 nitrogen and oxygen atoms in total. The Labute approximate surface area is 135 Å². The van der Waals surface area contributed by atoms with Gasteiger partial charge in [0.25, 0.3) is 0 Å². The number of sulfonamides is 1. The molecular weight excluding hydrogens is 318 g/mol. The highest BCUT2D eigenvalue weighted by molar-refractivity contribution is 7.89. The van der Waals surface area contributed by atoms with Gasteiger partial charge in [0.15, 0.2) is 0 Å². The Morgan fingerprint density at radius 1 is 1.04 bits per heavy atom. The van der Waals surface area contributed by atoms with Crippen LogP contribution in [0.4, 0.5) is 0 Å². The second-order valence-corrected chi connectivity index (χ2v) is 6.95. The lowest BCUT2D eigenvalue weighted by atomic mass is 10.1. The van der Waals surface area contributed by atoms with Crippen molar-refractivity contribution in [1.29, 1.82) is 0 Å². The Morgan fingerprint density at radius 2 is 1.52 bits per heavy atom. The lowest BCUT2D eigenvalue weighted by Gasteiger charge is -2.15. The van der Waals surface area contributed by atoms with Gasteiger partial charge in [-0.2, -0.15) is 4.31 Å². The van der Waals surface area contributed by atoms with Crippen LogP contribution in [0.5, 0.6) is 5.75 Å². The van der Waals surface area contributed by atoms with Crippen molar-refractivity contribution >= 4 is 16.0 Å². The number of likely N-dealkylation sites (N-methyl/N-ethyl adjacent to an activating group) is 1. The van der Waals surface area contributed by atoms with Crippen molar-refractivity contribution in [3.8, 4) is 16.9 Å². The number of carboxylic acids is 1. The zero-order valence-corrected chi connectivity index (χ0v) is 13.6. The molecular formula is C16H17NO5S. The molecule has 23 heavy (non-hydrogen) atoms. The first-order chi connectivity index (χ1) is 10.8. The Balaban J connectivity index is 2.26. The second kappa shape index (κ2) is 6.80. The molecule has 0 aliphatic carbocycles. The molecule has 0 spiro atoms. The van der Waals surface area contributed by atoms with Crippen molar-refractivity contribution in [3.63, 3.8) is 0 Å².